The van der Waals surface area contributed by atoms with Gasteiger partial charge in [-0.2, -0.15) is 0 Å². The fraction of sp³-hybridized carbons (Fsp3) is 0.750. The second-order valence-electron chi connectivity index (χ2n) is 7.42. The van der Waals surface area contributed by atoms with Crippen LogP contribution in [-0.4, -0.2) is 61.3 Å². The van der Waals surface area contributed by atoms with Crippen LogP contribution in [0.4, 0.5) is 0 Å². The van der Waals surface area contributed by atoms with Crippen molar-refractivity contribution in [2.75, 3.05) is 26.2 Å². The molecule has 2 saturated heterocycles. The van der Waals surface area contributed by atoms with Crippen LogP contribution in [0.15, 0.2) is 30.3 Å². The molecule has 0 aromatic carbocycles. The van der Waals surface area contributed by atoms with Crippen molar-refractivity contribution in [2.24, 2.45) is 10.9 Å². The van der Waals surface area contributed by atoms with E-state index in [1.54, 1.807) is 0 Å². The molecule has 4 unspecified atom stereocenters. The summed E-state index contributed by atoms with van der Waals surface area (Å²) >= 11 is 0. The first-order valence-corrected chi connectivity index (χ1v) is 9.75. The molecule has 0 aliphatic carbocycles. The van der Waals surface area contributed by atoms with Gasteiger partial charge in [-0.3, -0.25) is 9.89 Å². The van der Waals surface area contributed by atoms with E-state index in [0.29, 0.717) is 30.2 Å². The molecule has 2 heterocycles. The highest BCUT2D eigenvalue weighted by Gasteiger charge is 2.41. The first-order chi connectivity index (χ1) is 12.1. The molecule has 25 heavy (non-hydrogen) atoms. The maximum Gasteiger partial charge on any atom is 0.191 e. The number of fused-ring (bicyclic) bond motifs is 2. The van der Waals surface area contributed by atoms with Crippen molar-refractivity contribution in [1.82, 2.24) is 15.5 Å². The summed E-state index contributed by atoms with van der Waals surface area (Å²) in [6.45, 7) is 17.7. The molecule has 0 aromatic heterocycles. The summed E-state index contributed by atoms with van der Waals surface area (Å²) in [5, 5.41) is 6.99. The summed E-state index contributed by atoms with van der Waals surface area (Å²) in [4.78, 5) is 7.28. The lowest BCUT2D eigenvalue weighted by molar-refractivity contribution is 0.0992. The Morgan fingerprint density at radius 3 is 2.48 bits per heavy atom. The van der Waals surface area contributed by atoms with Crippen molar-refractivity contribution >= 4 is 5.96 Å². The number of guanidine groups is 1. The Labute approximate surface area is 153 Å². The second-order valence-corrected chi connectivity index (χ2v) is 7.42. The lowest BCUT2D eigenvalue weighted by Crippen LogP contribution is -2.48. The van der Waals surface area contributed by atoms with Crippen molar-refractivity contribution in [1.29, 1.82) is 0 Å². The van der Waals surface area contributed by atoms with E-state index in [1.165, 1.54) is 12.8 Å². The maximum atomic E-state index is 5.95. The van der Waals surface area contributed by atoms with E-state index < -0.39 is 0 Å². The quantitative estimate of drug-likeness (QED) is 0.362. The maximum absolute atomic E-state index is 5.95. The highest BCUT2D eigenvalue weighted by molar-refractivity contribution is 5.80. The molecule has 2 N–H and O–H groups in total. The van der Waals surface area contributed by atoms with Crippen LogP contribution in [-0.2, 0) is 4.74 Å². The molecule has 0 radical (unpaired) electrons. The van der Waals surface area contributed by atoms with E-state index in [2.05, 4.69) is 49.5 Å². The van der Waals surface area contributed by atoms with Crippen LogP contribution >= 0.6 is 0 Å². The van der Waals surface area contributed by atoms with Gasteiger partial charge in [0, 0.05) is 25.7 Å². The topological polar surface area (TPSA) is 48.9 Å². The summed E-state index contributed by atoms with van der Waals surface area (Å²) in [6, 6.07) is 0.759. The van der Waals surface area contributed by atoms with Crippen LogP contribution in [0.5, 0.6) is 0 Å². The third-order valence-electron chi connectivity index (χ3n) is 5.17. The summed E-state index contributed by atoms with van der Waals surface area (Å²) in [5.74, 6) is 1.42. The summed E-state index contributed by atoms with van der Waals surface area (Å²) in [7, 11) is 0. The molecule has 2 rings (SSSR count). The minimum absolute atomic E-state index is 0.354. The number of hydrogen-bond donors (Lipinski definition) is 2. The van der Waals surface area contributed by atoms with Crippen LogP contribution < -0.4 is 10.6 Å². The van der Waals surface area contributed by atoms with E-state index in [0.717, 1.165) is 38.6 Å². The molecular formula is C20H36N4O. The summed E-state index contributed by atoms with van der Waals surface area (Å²) in [6.07, 6.45) is 8.20. The van der Waals surface area contributed by atoms with Crippen LogP contribution in [0, 0.1) is 5.92 Å². The number of ether oxygens (including phenoxy) is 1. The lowest BCUT2D eigenvalue weighted by Gasteiger charge is -2.32. The van der Waals surface area contributed by atoms with Gasteiger partial charge in [0.05, 0.1) is 24.8 Å². The largest absolute Gasteiger partial charge is 0.373 e. The molecule has 0 amide bonds. The van der Waals surface area contributed by atoms with Crippen LogP contribution in [0.3, 0.4) is 0 Å². The first kappa shape index (κ1) is 20.0. The number of nitrogens with zero attached hydrogens (tertiary/aromatic N) is 2. The van der Waals surface area contributed by atoms with Gasteiger partial charge in [0.15, 0.2) is 5.96 Å². The van der Waals surface area contributed by atoms with Gasteiger partial charge in [0.1, 0.15) is 0 Å². The fourth-order valence-electron chi connectivity index (χ4n) is 3.90. The first-order valence-electron chi connectivity index (χ1n) is 9.75. The van der Waals surface area contributed by atoms with E-state index in [-0.39, 0.29) is 0 Å². The third-order valence-corrected chi connectivity index (χ3v) is 5.17. The zero-order valence-electron chi connectivity index (χ0n) is 16.2. The third kappa shape index (κ3) is 5.58. The van der Waals surface area contributed by atoms with E-state index >= 15 is 0 Å². The molecule has 5 nitrogen and oxygen atoms in total. The molecule has 2 aliphatic heterocycles. The highest BCUT2D eigenvalue weighted by Crippen LogP contribution is 2.34. The van der Waals surface area contributed by atoms with E-state index in [4.69, 9.17) is 9.73 Å². The molecule has 5 heteroatoms. The molecule has 0 saturated carbocycles. The van der Waals surface area contributed by atoms with Gasteiger partial charge >= 0.3 is 0 Å². The molecule has 2 fully saturated rings. The van der Waals surface area contributed by atoms with Gasteiger partial charge < -0.3 is 15.4 Å². The van der Waals surface area contributed by atoms with Crippen molar-refractivity contribution in [3.05, 3.63) is 25.3 Å². The van der Waals surface area contributed by atoms with Gasteiger partial charge in [0.25, 0.3) is 0 Å². The zero-order chi connectivity index (χ0) is 18.2. The average Bonchev–Trinajstić information content (AvgIpc) is 3.18. The smallest absolute Gasteiger partial charge is 0.191 e. The molecule has 2 aliphatic rings. The Bertz CT molecular complexity index is 453. The summed E-state index contributed by atoms with van der Waals surface area (Å²) in [5.41, 5.74) is 0. The lowest BCUT2D eigenvalue weighted by atomic mass is 9.96. The summed E-state index contributed by atoms with van der Waals surface area (Å²) < 4.78 is 5.95. The normalized spacial score (nSPS) is 26.9. The molecule has 0 aromatic rings. The van der Waals surface area contributed by atoms with Crippen LogP contribution in [0.2, 0.25) is 0 Å². The fourth-order valence-corrected chi connectivity index (χ4v) is 3.90. The van der Waals surface area contributed by atoms with Crippen LogP contribution in [0.1, 0.15) is 40.0 Å². The van der Waals surface area contributed by atoms with E-state index in [1.807, 2.05) is 12.2 Å². The molecule has 4 atom stereocenters. The Morgan fingerprint density at radius 1 is 1.28 bits per heavy atom. The molecule has 0 spiro atoms. The monoisotopic (exact) mass is 348 g/mol. The Morgan fingerprint density at radius 2 is 2.00 bits per heavy atom. The Hall–Kier alpha value is -1.33. The second kappa shape index (κ2) is 9.97. The van der Waals surface area contributed by atoms with Gasteiger partial charge in [-0.05, 0) is 32.1 Å². The minimum Gasteiger partial charge on any atom is -0.373 e. The SMILES string of the molecule is C=CCN(CC=C)C(CN=C(NCC)NC1CC2CCC1O2)C(C)C. The molecule has 142 valence electrons. The Balaban J connectivity index is 2.00. The standard InChI is InChI=1S/C20H36N4O/c1-6-11-24(12-7-2)18(15(4)5)14-22-20(21-8-3)23-17-13-16-9-10-19(17)25-16/h6-7,15-19H,1-2,8-14H2,3-5H3,(H2,21,22,23). The number of aliphatic imine (C=N–C) groups is 1. The van der Waals surface area contributed by atoms with Gasteiger partial charge in [-0.25, -0.2) is 0 Å². The van der Waals surface area contributed by atoms with Crippen molar-refractivity contribution < 1.29 is 4.74 Å². The van der Waals surface area contributed by atoms with Crippen molar-refractivity contribution in [3.8, 4) is 0 Å². The van der Waals surface area contributed by atoms with Crippen molar-refractivity contribution in [3.63, 3.8) is 0 Å². The predicted molar refractivity (Wildman–Crippen MR) is 106 cm³/mol. The predicted octanol–water partition coefficient (Wildman–Crippen LogP) is 2.56. The zero-order valence-corrected chi connectivity index (χ0v) is 16.2. The highest BCUT2D eigenvalue weighted by atomic mass is 16.5. The number of hydrogen-bond acceptors (Lipinski definition) is 3. The number of nitrogens with one attached hydrogen (secondary N) is 2. The minimum atomic E-state index is 0.354. The average molecular weight is 349 g/mol. The number of rotatable bonds is 10. The van der Waals surface area contributed by atoms with Crippen molar-refractivity contribution in [2.45, 2.75) is 64.3 Å². The Kier molecular flexibility index (Phi) is 7.97. The molecular weight excluding hydrogens is 312 g/mol. The molecule has 2 bridgehead atoms. The van der Waals surface area contributed by atoms with E-state index in [9.17, 15) is 0 Å². The van der Waals surface area contributed by atoms with Gasteiger partial charge in [-0.15, -0.1) is 13.2 Å². The van der Waals surface area contributed by atoms with Gasteiger partial charge in [0.2, 0.25) is 0 Å². The van der Waals surface area contributed by atoms with Crippen LogP contribution in [0.25, 0.3) is 0 Å². The van der Waals surface area contributed by atoms with Gasteiger partial charge in [-0.1, -0.05) is 26.0 Å².